The van der Waals surface area contributed by atoms with Crippen molar-refractivity contribution in [1.29, 1.82) is 0 Å². The number of aryl methyl sites for hydroxylation is 1. The van der Waals surface area contributed by atoms with E-state index in [4.69, 9.17) is 0 Å². The summed E-state index contributed by atoms with van der Waals surface area (Å²) in [6.07, 6.45) is 9.49. The van der Waals surface area contributed by atoms with Gasteiger partial charge in [-0.2, -0.15) is 0 Å². The maximum atomic E-state index is 4.17. The van der Waals surface area contributed by atoms with Crippen molar-refractivity contribution in [3.63, 3.8) is 0 Å². The van der Waals surface area contributed by atoms with Gasteiger partial charge in [0.05, 0.1) is 0 Å². The SMILES string of the molecule is Cc1ccncc1CNC(C)CC1CCC1. The fraction of sp³-hybridized carbons (Fsp3) is 0.643. The van der Waals surface area contributed by atoms with Crippen LogP contribution in [-0.4, -0.2) is 11.0 Å². The van der Waals surface area contributed by atoms with Gasteiger partial charge in [0.25, 0.3) is 0 Å². The number of rotatable bonds is 5. The quantitative estimate of drug-likeness (QED) is 0.821. The molecule has 88 valence electrons. The Kier molecular flexibility index (Phi) is 3.94. The van der Waals surface area contributed by atoms with E-state index in [2.05, 4.69) is 30.2 Å². The molecule has 0 saturated heterocycles. The topological polar surface area (TPSA) is 24.9 Å². The van der Waals surface area contributed by atoms with Crippen LogP contribution in [0, 0.1) is 12.8 Å². The Morgan fingerprint density at radius 3 is 2.94 bits per heavy atom. The van der Waals surface area contributed by atoms with E-state index in [0.29, 0.717) is 6.04 Å². The van der Waals surface area contributed by atoms with Gasteiger partial charge in [-0.25, -0.2) is 0 Å². The molecule has 1 atom stereocenters. The van der Waals surface area contributed by atoms with E-state index in [1.807, 2.05) is 12.4 Å². The Balaban J connectivity index is 1.75. The van der Waals surface area contributed by atoms with Gasteiger partial charge in [0.2, 0.25) is 0 Å². The van der Waals surface area contributed by atoms with Crippen molar-refractivity contribution < 1.29 is 0 Å². The molecule has 2 heteroatoms. The van der Waals surface area contributed by atoms with E-state index >= 15 is 0 Å². The number of aromatic nitrogens is 1. The summed E-state index contributed by atoms with van der Waals surface area (Å²) in [5, 5.41) is 3.60. The van der Waals surface area contributed by atoms with Gasteiger partial charge in [-0.05, 0) is 43.4 Å². The number of hydrogen-bond acceptors (Lipinski definition) is 2. The fourth-order valence-corrected chi connectivity index (χ4v) is 2.28. The highest BCUT2D eigenvalue weighted by atomic mass is 14.9. The highest BCUT2D eigenvalue weighted by Crippen LogP contribution is 2.30. The van der Waals surface area contributed by atoms with Crippen molar-refractivity contribution in [2.75, 3.05) is 0 Å². The molecule has 0 aliphatic heterocycles. The van der Waals surface area contributed by atoms with E-state index in [-0.39, 0.29) is 0 Å². The summed E-state index contributed by atoms with van der Waals surface area (Å²) < 4.78 is 0. The van der Waals surface area contributed by atoms with Crippen molar-refractivity contribution in [2.24, 2.45) is 5.92 Å². The first-order valence-corrected chi connectivity index (χ1v) is 6.38. The Hall–Kier alpha value is -0.890. The summed E-state index contributed by atoms with van der Waals surface area (Å²) in [6.45, 7) is 5.40. The lowest BCUT2D eigenvalue weighted by Crippen LogP contribution is -2.30. The molecule has 0 bridgehead atoms. The van der Waals surface area contributed by atoms with Gasteiger partial charge in [0.15, 0.2) is 0 Å². The monoisotopic (exact) mass is 218 g/mol. The van der Waals surface area contributed by atoms with Gasteiger partial charge in [0.1, 0.15) is 0 Å². The molecule has 2 nitrogen and oxygen atoms in total. The van der Waals surface area contributed by atoms with Crippen LogP contribution < -0.4 is 5.32 Å². The third-order valence-electron chi connectivity index (χ3n) is 3.70. The first-order valence-electron chi connectivity index (χ1n) is 6.38. The van der Waals surface area contributed by atoms with Gasteiger partial charge in [-0.1, -0.05) is 19.3 Å². The first kappa shape index (κ1) is 11.6. The third kappa shape index (κ3) is 3.05. The molecular formula is C14H22N2. The Morgan fingerprint density at radius 1 is 1.50 bits per heavy atom. The van der Waals surface area contributed by atoms with Crippen LogP contribution in [-0.2, 0) is 6.54 Å². The predicted molar refractivity (Wildman–Crippen MR) is 67.2 cm³/mol. The number of nitrogens with zero attached hydrogens (tertiary/aromatic N) is 1. The Labute approximate surface area is 98.5 Å². The molecule has 1 heterocycles. The average Bonchev–Trinajstić information content (AvgIpc) is 2.22. The molecule has 1 aliphatic carbocycles. The van der Waals surface area contributed by atoms with Crippen LogP contribution in [0.25, 0.3) is 0 Å². The second-order valence-electron chi connectivity index (χ2n) is 5.12. The van der Waals surface area contributed by atoms with Gasteiger partial charge >= 0.3 is 0 Å². The summed E-state index contributed by atoms with van der Waals surface area (Å²) in [4.78, 5) is 4.17. The maximum Gasteiger partial charge on any atom is 0.0315 e. The zero-order valence-corrected chi connectivity index (χ0v) is 10.4. The first-order chi connectivity index (χ1) is 7.75. The standard InChI is InChI=1S/C14H22N2/c1-11-6-7-15-9-14(11)10-16-12(2)8-13-4-3-5-13/h6-7,9,12-13,16H,3-5,8,10H2,1-2H3. The lowest BCUT2D eigenvalue weighted by atomic mass is 9.81. The summed E-state index contributed by atoms with van der Waals surface area (Å²) in [6, 6.07) is 2.71. The molecule has 0 radical (unpaired) electrons. The molecule has 1 aliphatic rings. The Morgan fingerprint density at radius 2 is 2.31 bits per heavy atom. The Bertz CT molecular complexity index is 331. The van der Waals surface area contributed by atoms with Crippen LogP contribution in [0.4, 0.5) is 0 Å². The number of nitrogens with one attached hydrogen (secondary N) is 1. The summed E-state index contributed by atoms with van der Waals surface area (Å²) >= 11 is 0. The van der Waals surface area contributed by atoms with Crippen molar-refractivity contribution in [3.05, 3.63) is 29.6 Å². The minimum Gasteiger partial charge on any atom is -0.310 e. The smallest absolute Gasteiger partial charge is 0.0315 e. The van der Waals surface area contributed by atoms with Crippen molar-refractivity contribution >= 4 is 0 Å². The zero-order chi connectivity index (χ0) is 11.4. The molecule has 1 fully saturated rings. The van der Waals surface area contributed by atoms with Gasteiger partial charge < -0.3 is 5.32 Å². The molecule has 2 rings (SSSR count). The largest absolute Gasteiger partial charge is 0.310 e. The van der Waals surface area contributed by atoms with Crippen LogP contribution in [0.5, 0.6) is 0 Å². The van der Waals surface area contributed by atoms with E-state index in [1.165, 1.54) is 36.8 Å². The van der Waals surface area contributed by atoms with Gasteiger partial charge in [-0.15, -0.1) is 0 Å². The molecule has 1 saturated carbocycles. The fourth-order valence-electron chi connectivity index (χ4n) is 2.28. The minimum atomic E-state index is 0.630. The molecular weight excluding hydrogens is 196 g/mol. The highest BCUT2D eigenvalue weighted by Gasteiger charge is 2.19. The van der Waals surface area contributed by atoms with E-state index in [0.717, 1.165) is 12.5 Å². The summed E-state index contributed by atoms with van der Waals surface area (Å²) in [7, 11) is 0. The predicted octanol–water partition coefficient (Wildman–Crippen LogP) is 3.06. The van der Waals surface area contributed by atoms with Gasteiger partial charge in [-0.3, -0.25) is 4.98 Å². The van der Waals surface area contributed by atoms with Crippen molar-refractivity contribution in [3.8, 4) is 0 Å². The molecule has 0 amide bonds. The van der Waals surface area contributed by atoms with E-state index in [9.17, 15) is 0 Å². The van der Waals surface area contributed by atoms with E-state index < -0.39 is 0 Å². The second kappa shape index (κ2) is 5.44. The molecule has 0 spiro atoms. The summed E-state index contributed by atoms with van der Waals surface area (Å²) in [5.74, 6) is 0.984. The second-order valence-corrected chi connectivity index (χ2v) is 5.12. The van der Waals surface area contributed by atoms with Crippen LogP contribution in [0.3, 0.4) is 0 Å². The number of hydrogen-bond donors (Lipinski definition) is 1. The van der Waals surface area contributed by atoms with E-state index in [1.54, 1.807) is 0 Å². The third-order valence-corrected chi connectivity index (χ3v) is 3.70. The lowest BCUT2D eigenvalue weighted by molar-refractivity contribution is 0.265. The average molecular weight is 218 g/mol. The molecule has 1 unspecified atom stereocenters. The molecule has 0 aromatic carbocycles. The summed E-state index contributed by atoms with van der Waals surface area (Å²) in [5.41, 5.74) is 2.65. The van der Waals surface area contributed by atoms with Crippen LogP contribution in [0.1, 0.15) is 43.7 Å². The van der Waals surface area contributed by atoms with Gasteiger partial charge in [0, 0.05) is 25.0 Å². The van der Waals surface area contributed by atoms with Crippen LogP contribution >= 0.6 is 0 Å². The lowest BCUT2D eigenvalue weighted by Gasteiger charge is -2.28. The van der Waals surface area contributed by atoms with Crippen LogP contribution in [0.15, 0.2) is 18.5 Å². The van der Waals surface area contributed by atoms with Crippen molar-refractivity contribution in [1.82, 2.24) is 10.3 Å². The molecule has 1 aromatic rings. The normalized spacial score (nSPS) is 18.1. The molecule has 1 N–H and O–H groups in total. The molecule has 16 heavy (non-hydrogen) atoms. The number of pyridine rings is 1. The highest BCUT2D eigenvalue weighted by molar-refractivity contribution is 5.21. The minimum absolute atomic E-state index is 0.630. The van der Waals surface area contributed by atoms with Crippen LogP contribution in [0.2, 0.25) is 0 Å². The van der Waals surface area contributed by atoms with Crippen molar-refractivity contribution in [2.45, 2.75) is 52.1 Å². The zero-order valence-electron chi connectivity index (χ0n) is 10.4. The molecule has 1 aromatic heterocycles. The maximum absolute atomic E-state index is 4.17.